The van der Waals surface area contributed by atoms with Crippen LogP contribution < -0.4 is 15.0 Å². The van der Waals surface area contributed by atoms with Gasteiger partial charge in [0.15, 0.2) is 18.2 Å². The van der Waals surface area contributed by atoms with Gasteiger partial charge in [0.2, 0.25) is 5.75 Å². The number of hydrogen-bond donors (Lipinski definition) is 0. The average molecular weight is 585 g/mol. The van der Waals surface area contributed by atoms with Gasteiger partial charge in [0.25, 0.3) is 5.56 Å². The Bertz CT molecular complexity index is 1750. The van der Waals surface area contributed by atoms with Gasteiger partial charge in [-0.05, 0) is 44.2 Å². The molecule has 11 nitrogen and oxygen atoms in total. The number of rotatable bonds is 9. The molecule has 1 heterocycles. The van der Waals surface area contributed by atoms with Crippen LogP contribution in [0.1, 0.15) is 25.0 Å². The molecule has 14 heteroatoms. The van der Waals surface area contributed by atoms with E-state index in [2.05, 4.69) is 10.1 Å². The van der Waals surface area contributed by atoms with Gasteiger partial charge in [-0.3, -0.25) is 14.9 Å². The third kappa shape index (κ3) is 6.54. The molecule has 0 aliphatic rings. The summed E-state index contributed by atoms with van der Waals surface area (Å²) in [5, 5.41) is 16.1. The number of alkyl halides is 3. The highest BCUT2D eigenvalue weighted by atomic mass is 19.4. The summed E-state index contributed by atoms with van der Waals surface area (Å²) >= 11 is 0. The Balaban J connectivity index is 1.82. The lowest BCUT2D eigenvalue weighted by Gasteiger charge is -2.13. The van der Waals surface area contributed by atoms with Crippen LogP contribution in [-0.2, 0) is 15.7 Å². The molecule has 0 N–H and O–H groups in total. The Morgan fingerprint density at radius 2 is 1.88 bits per heavy atom. The summed E-state index contributed by atoms with van der Waals surface area (Å²) in [7, 11) is 1.22. The predicted octanol–water partition coefficient (Wildman–Crippen LogP) is 5.21. The molecule has 0 aliphatic heterocycles. The molecular weight excluding hydrogens is 561 g/mol. The predicted molar refractivity (Wildman–Crippen MR) is 146 cm³/mol. The highest BCUT2D eigenvalue weighted by Gasteiger charge is 2.31. The standard InChI is InChI=1S/C28H23F3N4O7/c1-16(2)42-24(36)15-41-25-22(35(38)39)11-17(12-23(25)40-3)14-32-34-26(18-7-6-8-19(13-18)28(29,30)31)33-21-10-5-4-9-20(21)27(34)37/h4-14,16H,15H2,1-3H3. The average Bonchev–Trinajstić information content (AvgIpc) is 2.94. The summed E-state index contributed by atoms with van der Waals surface area (Å²) in [5.41, 5.74) is -1.94. The molecule has 42 heavy (non-hydrogen) atoms. The highest BCUT2D eigenvalue weighted by Crippen LogP contribution is 2.38. The first kappa shape index (κ1) is 29.7. The number of carbonyl (C=O) groups is 1. The molecule has 0 fully saturated rings. The number of nitro benzene ring substituents is 1. The number of nitrogens with zero attached hydrogens (tertiary/aromatic N) is 4. The summed E-state index contributed by atoms with van der Waals surface area (Å²) in [6, 6.07) is 12.9. The molecular formula is C28H23F3N4O7. The number of aromatic nitrogens is 2. The van der Waals surface area contributed by atoms with Crippen molar-refractivity contribution in [3.63, 3.8) is 0 Å². The largest absolute Gasteiger partial charge is 0.493 e. The van der Waals surface area contributed by atoms with Crippen LogP contribution in [0.5, 0.6) is 11.5 Å². The van der Waals surface area contributed by atoms with E-state index in [1.165, 1.54) is 37.4 Å². The van der Waals surface area contributed by atoms with Gasteiger partial charge in [-0.25, -0.2) is 9.78 Å². The quantitative estimate of drug-likeness (QED) is 0.113. The zero-order valence-corrected chi connectivity index (χ0v) is 22.4. The number of fused-ring (bicyclic) bond motifs is 1. The third-order valence-corrected chi connectivity index (χ3v) is 5.70. The van der Waals surface area contributed by atoms with E-state index >= 15 is 0 Å². The molecule has 0 amide bonds. The smallest absolute Gasteiger partial charge is 0.416 e. The monoisotopic (exact) mass is 584 g/mol. The number of benzene rings is 3. The number of nitro groups is 1. The van der Waals surface area contributed by atoms with Crippen LogP contribution in [0.3, 0.4) is 0 Å². The van der Waals surface area contributed by atoms with Crippen molar-refractivity contribution in [2.75, 3.05) is 13.7 Å². The number of hydrogen-bond acceptors (Lipinski definition) is 9. The molecule has 0 unspecified atom stereocenters. The van der Waals surface area contributed by atoms with Crippen molar-refractivity contribution in [2.24, 2.45) is 5.10 Å². The van der Waals surface area contributed by atoms with Gasteiger partial charge in [-0.15, -0.1) is 0 Å². The van der Waals surface area contributed by atoms with Gasteiger partial charge in [-0.2, -0.15) is 22.9 Å². The minimum absolute atomic E-state index is 0.0366. The molecule has 3 aromatic carbocycles. The number of methoxy groups -OCH3 is 1. The Kier molecular flexibility index (Phi) is 8.54. The Labute approximate surface area is 235 Å². The van der Waals surface area contributed by atoms with E-state index in [0.717, 1.165) is 29.1 Å². The van der Waals surface area contributed by atoms with E-state index < -0.39 is 46.6 Å². The van der Waals surface area contributed by atoms with E-state index in [1.54, 1.807) is 26.0 Å². The van der Waals surface area contributed by atoms with Crippen molar-refractivity contribution in [1.29, 1.82) is 0 Å². The summed E-state index contributed by atoms with van der Waals surface area (Å²) in [5.74, 6) is -1.40. The van der Waals surface area contributed by atoms with Crippen LogP contribution in [0.4, 0.5) is 18.9 Å². The van der Waals surface area contributed by atoms with Gasteiger partial charge in [0.1, 0.15) is 0 Å². The second kappa shape index (κ2) is 12.1. The van der Waals surface area contributed by atoms with Crippen molar-refractivity contribution in [2.45, 2.75) is 26.1 Å². The number of para-hydroxylation sites is 1. The summed E-state index contributed by atoms with van der Waals surface area (Å²) in [6.45, 7) is 2.63. The second-order valence-corrected chi connectivity index (χ2v) is 9.05. The first-order valence-electron chi connectivity index (χ1n) is 12.3. The third-order valence-electron chi connectivity index (χ3n) is 5.70. The fourth-order valence-electron chi connectivity index (χ4n) is 3.92. The number of carbonyl (C=O) groups excluding carboxylic acids is 1. The molecule has 218 valence electrons. The summed E-state index contributed by atoms with van der Waals surface area (Å²) in [4.78, 5) is 40.8. The van der Waals surface area contributed by atoms with Gasteiger partial charge >= 0.3 is 17.8 Å². The van der Waals surface area contributed by atoms with E-state index in [-0.39, 0.29) is 39.4 Å². The lowest BCUT2D eigenvalue weighted by molar-refractivity contribution is -0.385. The topological polar surface area (TPSA) is 135 Å². The van der Waals surface area contributed by atoms with Crippen molar-refractivity contribution in [1.82, 2.24) is 9.66 Å². The summed E-state index contributed by atoms with van der Waals surface area (Å²) in [6.07, 6.45) is -3.99. The fraction of sp³-hybridized carbons (Fsp3) is 0.214. The summed E-state index contributed by atoms with van der Waals surface area (Å²) < 4.78 is 56.6. The van der Waals surface area contributed by atoms with Crippen LogP contribution in [-0.4, -0.2) is 46.6 Å². The minimum atomic E-state index is -4.65. The molecule has 0 saturated carbocycles. The van der Waals surface area contributed by atoms with E-state index in [1.807, 2.05) is 0 Å². The normalized spacial score (nSPS) is 11.7. The van der Waals surface area contributed by atoms with Crippen molar-refractivity contribution in [3.8, 4) is 22.9 Å². The number of esters is 1. The molecule has 0 radical (unpaired) electrons. The van der Waals surface area contributed by atoms with Crippen LogP contribution in [0.2, 0.25) is 0 Å². The molecule has 0 atom stereocenters. The van der Waals surface area contributed by atoms with Crippen LogP contribution >= 0.6 is 0 Å². The zero-order chi connectivity index (χ0) is 30.6. The highest BCUT2D eigenvalue weighted by molar-refractivity contribution is 5.84. The number of ether oxygens (including phenoxy) is 3. The van der Waals surface area contributed by atoms with E-state index in [4.69, 9.17) is 14.2 Å². The van der Waals surface area contributed by atoms with Gasteiger partial charge < -0.3 is 14.2 Å². The van der Waals surface area contributed by atoms with Crippen molar-refractivity contribution < 1.29 is 37.1 Å². The van der Waals surface area contributed by atoms with Crippen LogP contribution in [0.15, 0.2) is 70.6 Å². The maximum atomic E-state index is 13.4. The maximum Gasteiger partial charge on any atom is 0.416 e. The Hall–Kier alpha value is -5.27. The lowest BCUT2D eigenvalue weighted by atomic mass is 10.1. The Morgan fingerprint density at radius 3 is 2.55 bits per heavy atom. The SMILES string of the molecule is COc1cc(C=Nn2c(-c3cccc(C(F)(F)F)c3)nc3ccccc3c2=O)cc([N+](=O)[O-])c1OCC(=O)OC(C)C. The number of halogens is 3. The molecule has 1 aromatic heterocycles. The van der Waals surface area contributed by atoms with Gasteiger partial charge in [0, 0.05) is 17.2 Å². The van der Waals surface area contributed by atoms with Crippen molar-refractivity contribution in [3.05, 3.63) is 92.3 Å². The molecule has 4 aromatic rings. The fourth-order valence-corrected chi connectivity index (χ4v) is 3.92. The molecule has 4 rings (SSSR count). The first-order chi connectivity index (χ1) is 19.9. The molecule has 0 saturated heterocycles. The van der Waals surface area contributed by atoms with Crippen molar-refractivity contribution >= 4 is 28.8 Å². The lowest BCUT2D eigenvalue weighted by Crippen LogP contribution is -2.20. The van der Waals surface area contributed by atoms with Crippen LogP contribution in [0.25, 0.3) is 22.3 Å². The van der Waals surface area contributed by atoms with Gasteiger partial charge in [0.05, 0.1) is 40.8 Å². The second-order valence-electron chi connectivity index (χ2n) is 9.05. The molecule has 0 spiro atoms. The minimum Gasteiger partial charge on any atom is -0.493 e. The zero-order valence-electron chi connectivity index (χ0n) is 22.4. The first-order valence-corrected chi connectivity index (χ1v) is 12.3. The maximum absolute atomic E-state index is 13.4. The van der Waals surface area contributed by atoms with E-state index in [9.17, 15) is 32.9 Å². The van der Waals surface area contributed by atoms with E-state index in [0.29, 0.717) is 0 Å². The molecule has 0 aliphatic carbocycles. The van der Waals surface area contributed by atoms with Crippen LogP contribution in [0, 0.1) is 10.1 Å². The van der Waals surface area contributed by atoms with Gasteiger partial charge in [-0.1, -0.05) is 24.3 Å². The Morgan fingerprint density at radius 1 is 1.14 bits per heavy atom. The molecule has 0 bridgehead atoms.